The van der Waals surface area contributed by atoms with Crippen molar-refractivity contribution in [2.24, 2.45) is 11.8 Å². The Hall–Kier alpha value is -1.59. The predicted octanol–water partition coefficient (Wildman–Crippen LogP) is 1.95. The number of carbonyl (C=O) groups excluding carboxylic acids is 1. The van der Waals surface area contributed by atoms with Gasteiger partial charge in [-0.2, -0.15) is 5.10 Å². The summed E-state index contributed by atoms with van der Waals surface area (Å²) in [6.07, 6.45) is 3.01. The first-order valence-corrected chi connectivity index (χ1v) is 7.48. The van der Waals surface area contributed by atoms with Crippen LogP contribution in [0.5, 0.6) is 0 Å². The van der Waals surface area contributed by atoms with Crippen LogP contribution < -0.4 is 5.32 Å². The first kappa shape index (κ1) is 13.1. The minimum Gasteiger partial charge on any atom is -0.385 e. The molecule has 1 heterocycles. The molecule has 1 amide bonds. The Balaban J connectivity index is 1.65. The van der Waals surface area contributed by atoms with Crippen LogP contribution in [0.25, 0.3) is 10.9 Å². The maximum atomic E-state index is 11.1. The Morgan fingerprint density at radius 1 is 1.48 bits per heavy atom. The molecule has 0 spiro atoms. The average Bonchev–Trinajstić information content (AvgIpc) is 2.83. The third kappa shape index (κ3) is 1.95. The number of aromatic nitrogens is 2. The van der Waals surface area contributed by atoms with Crippen molar-refractivity contribution in [3.63, 3.8) is 0 Å². The van der Waals surface area contributed by atoms with Gasteiger partial charge >= 0.3 is 0 Å². The number of hydrogen-bond donors (Lipinski definition) is 3. The van der Waals surface area contributed by atoms with Gasteiger partial charge in [-0.05, 0) is 36.8 Å². The summed E-state index contributed by atoms with van der Waals surface area (Å²) >= 11 is 6.16. The van der Waals surface area contributed by atoms with E-state index in [1.54, 1.807) is 6.20 Å². The fourth-order valence-electron chi connectivity index (χ4n) is 3.92. The first-order valence-electron chi connectivity index (χ1n) is 7.10. The highest BCUT2D eigenvalue weighted by Gasteiger charge is 2.62. The van der Waals surface area contributed by atoms with Gasteiger partial charge in [0.1, 0.15) is 0 Å². The van der Waals surface area contributed by atoms with E-state index in [1.165, 1.54) is 6.92 Å². The van der Waals surface area contributed by atoms with Crippen LogP contribution in [0.4, 0.5) is 0 Å². The van der Waals surface area contributed by atoms with Gasteiger partial charge in [-0.1, -0.05) is 11.6 Å². The second-order valence-electron chi connectivity index (χ2n) is 6.28. The van der Waals surface area contributed by atoms with Gasteiger partial charge in [0.15, 0.2) is 0 Å². The number of aromatic amines is 1. The van der Waals surface area contributed by atoms with Crippen molar-refractivity contribution >= 4 is 28.4 Å². The Morgan fingerprint density at radius 3 is 2.86 bits per heavy atom. The summed E-state index contributed by atoms with van der Waals surface area (Å²) in [4.78, 5) is 11.1. The molecule has 2 saturated carbocycles. The Kier molecular flexibility index (Phi) is 2.63. The van der Waals surface area contributed by atoms with Crippen molar-refractivity contribution in [1.82, 2.24) is 15.5 Å². The largest absolute Gasteiger partial charge is 0.385 e. The van der Waals surface area contributed by atoms with Crippen molar-refractivity contribution in [3.8, 4) is 0 Å². The number of fused-ring (bicyclic) bond motifs is 2. The molecule has 4 rings (SSSR count). The lowest BCUT2D eigenvalue weighted by Crippen LogP contribution is -2.32. The number of nitrogens with one attached hydrogen (secondary N) is 2. The smallest absolute Gasteiger partial charge is 0.217 e. The minimum atomic E-state index is -0.889. The summed E-state index contributed by atoms with van der Waals surface area (Å²) in [7, 11) is 0. The van der Waals surface area contributed by atoms with E-state index in [0.717, 1.165) is 16.5 Å². The second kappa shape index (κ2) is 4.21. The van der Waals surface area contributed by atoms with E-state index in [-0.39, 0.29) is 11.9 Å². The second-order valence-corrected chi connectivity index (χ2v) is 6.72. The zero-order valence-corrected chi connectivity index (χ0v) is 12.3. The van der Waals surface area contributed by atoms with Crippen LogP contribution in [-0.4, -0.2) is 27.3 Å². The summed E-state index contributed by atoms with van der Waals surface area (Å²) in [5.41, 5.74) is 0.774. The van der Waals surface area contributed by atoms with E-state index >= 15 is 0 Å². The number of hydrogen-bond acceptors (Lipinski definition) is 3. The summed E-state index contributed by atoms with van der Waals surface area (Å²) in [5.74, 6) is 0.711. The van der Waals surface area contributed by atoms with Crippen molar-refractivity contribution in [3.05, 3.63) is 28.9 Å². The van der Waals surface area contributed by atoms with Crippen LogP contribution >= 0.6 is 11.6 Å². The molecule has 3 N–H and O–H groups in total. The van der Waals surface area contributed by atoms with Crippen LogP contribution in [0.3, 0.4) is 0 Å². The minimum absolute atomic E-state index is 0.00310. The van der Waals surface area contributed by atoms with Gasteiger partial charge in [-0.25, -0.2) is 0 Å². The number of H-pyrrole nitrogens is 1. The molecule has 2 aliphatic rings. The number of nitrogens with zero attached hydrogens (tertiary/aromatic N) is 1. The zero-order chi connectivity index (χ0) is 14.8. The van der Waals surface area contributed by atoms with Gasteiger partial charge in [0.2, 0.25) is 5.91 Å². The SMILES string of the molecule is CC(=O)NC1C2CC(O)(c3cc(Cl)cc4cn[nH]c34)CC21. The Morgan fingerprint density at radius 2 is 2.19 bits per heavy atom. The monoisotopic (exact) mass is 305 g/mol. The molecule has 2 atom stereocenters. The fourth-order valence-corrected chi connectivity index (χ4v) is 4.15. The van der Waals surface area contributed by atoms with Gasteiger partial charge in [-0.15, -0.1) is 0 Å². The molecule has 1 aromatic heterocycles. The lowest BCUT2D eigenvalue weighted by molar-refractivity contribution is -0.119. The summed E-state index contributed by atoms with van der Waals surface area (Å²) in [6.45, 7) is 1.53. The van der Waals surface area contributed by atoms with Gasteiger partial charge in [0, 0.05) is 28.9 Å². The normalized spacial score (nSPS) is 34.0. The van der Waals surface area contributed by atoms with Gasteiger partial charge in [-0.3, -0.25) is 9.89 Å². The van der Waals surface area contributed by atoms with Crippen LogP contribution in [-0.2, 0) is 10.4 Å². The number of benzene rings is 1. The molecule has 0 saturated heterocycles. The molecule has 0 aliphatic heterocycles. The number of aliphatic hydroxyl groups is 1. The average molecular weight is 306 g/mol. The van der Waals surface area contributed by atoms with E-state index < -0.39 is 5.60 Å². The maximum absolute atomic E-state index is 11.1. The molecule has 21 heavy (non-hydrogen) atoms. The van der Waals surface area contributed by atoms with E-state index in [1.807, 2.05) is 12.1 Å². The third-order valence-corrected chi connectivity index (χ3v) is 5.08. The van der Waals surface area contributed by atoms with Crippen molar-refractivity contribution in [1.29, 1.82) is 0 Å². The van der Waals surface area contributed by atoms with Crippen LogP contribution in [0.2, 0.25) is 5.02 Å². The highest BCUT2D eigenvalue weighted by atomic mass is 35.5. The number of rotatable bonds is 2. The van der Waals surface area contributed by atoms with Crippen LogP contribution in [0, 0.1) is 11.8 Å². The van der Waals surface area contributed by atoms with E-state index in [9.17, 15) is 9.90 Å². The number of halogens is 1. The summed E-state index contributed by atoms with van der Waals surface area (Å²) in [5, 5.41) is 22.5. The van der Waals surface area contributed by atoms with Gasteiger partial charge < -0.3 is 10.4 Å². The molecular weight excluding hydrogens is 290 g/mol. The van der Waals surface area contributed by atoms with Crippen LogP contribution in [0.1, 0.15) is 25.3 Å². The fraction of sp³-hybridized carbons (Fsp3) is 0.467. The Bertz CT molecular complexity index is 730. The first-order chi connectivity index (χ1) is 9.98. The predicted molar refractivity (Wildman–Crippen MR) is 78.8 cm³/mol. The van der Waals surface area contributed by atoms with E-state index in [4.69, 9.17) is 11.6 Å². The summed E-state index contributed by atoms with van der Waals surface area (Å²) in [6, 6.07) is 3.88. The topological polar surface area (TPSA) is 78.0 Å². The molecule has 0 bridgehead atoms. The zero-order valence-electron chi connectivity index (χ0n) is 11.6. The molecule has 2 unspecified atom stereocenters. The lowest BCUT2D eigenvalue weighted by atomic mass is 9.87. The van der Waals surface area contributed by atoms with E-state index in [0.29, 0.717) is 29.7 Å². The molecule has 2 fully saturated rings. The quantitative estimate of drug-likeness (QED) is 0.793. The molecular formula is C15H16ClN3O2. The molecule has 2 aromatic rings. The molecule has 2 aliphatic carbocycles. The molecule has 5 nitrogen and oxygen atoms in total. The molecule has 6 heteroatoms. The lowest BCUT2D eigenvalue weighted by Gasteiger charge is -2.27. The number of carbonyl (C=O) groups is 1. The highest BCUT2D eigenvalue weighted by Crippen LogP contribution is 2.60. The summed E-state index contributed by atoms with van der Waals surface area (Å²) < 4.78 is 0. The van der Waals surface area contributed by atoms with Gasteiger partial charge in [0.05, 0.1) is 17.3 Å². The molecule has 110 valence electrons. The van der Waals surface area contributed by atoms with Crippen molar-refractivity contribution in [2.45, 2.75) is 31.4 Å². The number of amides is 1. The Labute approximate surface area is 126 Å². The van der Waals surface area contributed by atoms with Crippen molar-refractivity contribution < 1.29 is 9.90 Å². The third-order valence-electron chi connectivity index (χ3n) is 4.86. The van der Waals surface area contributed by atoms with Crippen LogP contribution in [0.15, 0.2) is 18.3 Å². The highest BCUT2D eigenvalue weighted by molar-refractivity contribution is 6.31. The van der Waals surface area contributed by atoms with E-state index in [2.05, 4.69) is 15.5 Å². The molecule has 1 aromatic carbocycles. The maximum Gasteiger partial charge on any atom is 0.217 e. The standard InChI is InChI=1S/C15H16ClN3O2/c1-7(20)18-14-10-4-15(21,5-11(10)14)12-3-9(16)2-8-6-17-19-13(8)12/h2-3,6,10-11,14,21H,4-5H2,1H3,(H,17,19)(H,18,20). The van der Waals surface area contributed by atoms with Crippen molar-refractivity contribution in [2.75, 3.05) is 0 Å². The van der Waals surface area contributed by atoms with Gasteiger partial charge in [0.25, 0.3) is 0 Å². The molecule has 0 radical (unpaired) electrons.